The van der Waals surface area contributed by atoms with E-state index >= 15 is 0 Å². The lowest BCUT2D eigenvalue weighted by molar-refractivity contribution is -0.385. The number of nitro benzene ring substituents is 1. The van der Waals surface area contributed by atoms with Crippen molar-refractivity contribution in [3.8, 4) is 0 Å². The average Bonchev–Trinajstić information content (AvgIpc) is 2.25. The first-order valence-corrected chi connectivity index (χ1v) is 4.87. The van der Waals surface area contributed by atoms with E-state index in [1.54, 1.807) is 6.92 Å². The monoisotopic (exact) mass is 246 g/mol. The highest BCUT2D eigenvalue weighted by Crippen LogP contribution is 2.21. The van der Waals surface area contributed by atoms with Gasteiger partial charge in [0.1, 0.15) is 6.10 Å². The predicted octanol–water partition coefficient (Wildman–Crippen LogP) is 1.94. The molecule has 0 fully saturated rings. The summed E-state index contributed by atoms with van der Waals surface area (Å²) in [7, 11) is 0. The number of nitrogens with zero attached hydrogens (tertiary/aromatic N) is 1. The molecule has 0 radical (unpaired) electrons. The summed E-state index contributed by atoms with van der Waals surface area (Å²) >= 11 is 0. The van der Waals surface area contributed by atoms with Crippen LogP contribution in [0.1, 0.15) is 5.56 Å². The van der Waals surface area contributed by atoms with Crippen LogP contribution in [0, 0.1) is 17.0 Å². The number of alkyl halides is 2. The lowest BCUT2D eigenvalue weighted by Crippen LogP contribution is -2.26. The van der Waals surface area contributed by atoms with Crippen molar-refractivity contribution >= 4 is 11.4 Å². The standard InChI is InChI=1S/C10H12F2N2O3/c1-6-4-7(2-3-8(6)14(16)17)13-5-9(15)10(11)12/h2-4,9-10,13,15H,5H2,1H3. The normalized spacial score (nSPS) is 12.5. The zero-order valence-electron chi connectivity index (χ0n) is 9.06. The summed E-state index contributed by atoms with van der Waals surface area (Å²) in [6.45, 7) is 1.24. The number of rotatable bonds is 5. The number of aliphatic hydroxyl groups is 1. The molecule has 0 saturated carbocycles. The maximum Gasteiger partial charge on any atom is 0.272 e. The van der Waals surface area contributed by atoms with Gasteiger partial charge in [-0.2, -0.15) is 0 Å². The third-order valence-electron chi connectivity index (χ3n) is 2.20. The van der Waals surface area contributed by atoms with Gasteiger partial charge < -0.3 is 10.4 Å². The predicted molar refractivity (Wildman–Crippen MR) is 58.3 cm³/mol. The van der Waals surface area contributed by atoms with Crippen LogP contribution in [0.25, 0.3) is 0 Å². The van der Waals surface area contributed by atoms with Gasteiger partial charge in [-0.3, -0.25) is 10.1 Å². The Morgan fingerprint density at radius 3 is 2.65 bits per heavy atom. The summed E-state index contributed by atoms with van der Waals surface area (Å²) in [4.78, 5) is 10.0. The fourth-order valence-electron chi connectivity index (χ4n) is 1.28. The van der Waals surface area contributed by atoms with Crippen LogP contribution >= 0.6 is 0 Å². The number of anilines is 1. The molecule has 0 amide bonds. The molecule has 7 heteroatoms. The zero-order valence-corrected chi connectivity index (χ0v) is 9.06. The Bertz CT molecular complexity index is 413. The van der Waals surface area contributed by atoms with Crippen molar-refractivity contribution < 1.29 is 18.8 Å². The first kappa shape index (κ1) is 13.3. The highest BCUT2D eigenvalue weighted by atomic mass is 19.3. The van der Waals surface area contributed by atoms with Crippen LogP contribution in [0.5, 0.6) is 0 Å². The number of benzene rings is 1. The molecule has 0 aliphatic carbocycles. The number of halogens is 2. The van der Waals surface area contributed by atoms with E-state index in [1.165, 1.54) is 18.2 Å². The minimum atomic E-state index is -2.82. The van der Waals surface area contributed by atoms with E-state index in [2.05, 4.69) is 5.32 Å². The second-order valence-corrected chi connectivity index (χ2v) is 3.54. The van der Waals surface area contributed by atoms with E-state index in [4.69, 9.17) is 5.11 Å². The van der Waals surface area contributed by atoms with E-state index in [9.17, 15) is 18.9 Å². The van der Waals surface area contributed by atoms with Gasteiger partial charge in [0, 0.05) is 23.9 Å². The molecule has 0 bridgehead atoms. The van der Waals surface area contributed by atoms with E-state index < -0.39 is 17.5 Å². The molecule has 94 valence electrons. The Hall–Kier alpha value is -1.76. The maximum atomic E-state index is 12.0. The fraction of sp³-hybridized carbons (Fsp3) is 0.400. The van der Waals surface area contributed by atoms with Crippen LogP contribution < -0.4 is 5.32 Å². The third kappa shape index (κ3) is 3.63. The van der Waals surface area contributed by atoms with Gasteiger partial charge in [-0.15, -0.1) is 0 Å². The zero-order chi connectivity index (χ0) is 13.0. The summed E-state index contributed by atoms with van der Waals surface area (Å²) in [6.07, 6.45) is -4.58. The summed E-state index contributed by atoms with van der Waals surface area (Å²) in [5.74, 6) is 0. The highest BCUT2D eigenvalue weighted by molar-refractivity contribution is 5.53. The number of nitrogens with one attached hydrogen (secondary N) is 1. The second kappa shape index (κ2) is 5.53. The van der Waals surface area contributed by atoms with Crippen molar-refractivity contribution in [3.63, 3.8) is 0 Å². The lowest BCUT2D eigenvalue weighted by Gasteiger charge is -2.12. The Morgan fingerprint density at radius 2 is 2.18 bits per heavy atom. The van der Waals surface area contributed by atoms with E-state index in [1.807, 2.05) is 0 Å². The van der Waals surface area contributed by atoms with Crippen molar-refractivity contribution in [2.45, 2.75) is 19.5 Å². The first-order chi connectivity index (χ1) is 7.91. The summed E-state index contributed by atoms with van der Waals surface area (Å²) in [6, 6.07) is 4.16. The quantitative estimate of drug-likeness (QED) is 0.615. The van der Waals surface area contributed by atoms with Crippen molar-refractivity contribution in [1.29, 1.82) is 0 Å². The molecule has 5 nitrogen and oxygen atoms in total. The molecule has 0 aromatic heterocycles. The van der Waals surface area contributed by atoms with Crippen LogP contribution in [0.4, 0.5) is 20.2 Å². The molecule has 1 atom stereocenters. The maximum absolute atomic E-state index is 12.0. The molecule has 17 heavy (non-hydrogen) atoms. The largest absolute Gasteiger partial charge is 0.385 e. The molecule has 1 aromatic rings. The van der Waals surface area contributed by atoms with Crippen molar-refractivity contribution in [2.24, 2.45) is 0 Å². The van der Waals surface area contributed by atoms with Gasteiger partial charge in [-0.25, -0.2) is 8.78 Å². The highest BCUT2D eigenvalue weighted by Gasteiger charge is 2.16. The van der Waals surface area contributed by atoms with Crippen molar-refractivity contribution in [2.75, 3.05) is 11.9 Å². The third-order valence-corrected chi connectivity index (χ3v) is 2.20. The molecule has 0 heterocycles. The summed E-state index contributed by atoms with van der Waals surface area (Å²) < 4.78 is 24.0. The molecule has 0 saturated heterocycles. The molecule has 0 spiro atoms. The van der Waals surface area contributed by atoms with Crippen LogP contribution in [-0.2, 0) is 0 Å². The van der Waals surface area contributed by atoms with E-state index in [0.717, 1.165) is 0 Å². The number of aryl methyl sites for hydroxylation is 1. The molecule has 0 aliphatic heterocycles. The number of hydrogen-bond donors (Lipinski definition) is 2. The molecule has 0 aliphatic rings. The molecule has 1 unspecified atom stereocenters. The van der Waals surface area contributed by atoms with Crippen LogP contribution in [0.15, 0.2) is 18.2 Å². The second-order valence-electron chi connectivity index (χ2n) is 3.54. The molecular formula is C10H12F2N2O3. The Balaban J connectivity index is 2.68. The van der Waals surface area contributed by atoms with Crippen molar-refractivity contribution in [1.82, 2.24) is 0 Å². The van der Waals surface area contributed by atoms with Crippen LogP contribution in [-0.4, -0.2) is 29.1 Å². The van der Waals surface area contributed by atoms with Gasteiger partial charge >= 0.3 is 0 Å². The minimum Gasteiger partial charge on any atom is -0.385 e. The van der Waals surface area contributed by atoms with E-state index in [-0.39, 0.29) is 12.2 Å². The van der Waals surface area contributed by atoms with Crippen LogP contribution in [0.3, 0.4) is 0 Å². The Morgan fingerprint density at radius 1 is 1.53 bits per heavy atom. The number of nitro groups is 1. The topological polar surface area (TPSA) is 75.4 Å². The molecular weight excluding hydrogens is 234 g/mol. The van der Waals surface area contributed by atoms with E-state index in [0.29, 0.717) is 11.3 Å². The van der Waals surface area contributed by atoms with Gasteiger partial charge in [-0.05, 0) is 19.1 Å². The first-order valence-electron chi connectivity index (χ1n) is 4.87. The van der Waals surface area contributed by atoms with Gasteiger partial charge in [0.2, 0.25) is 0 Å². The summed E-state index contributed by atoms with van der Waals surface area (Å²) in [5, 5.41) is 22.0. The Kier molecular flexibility index (Phi) is 4.33. The summed E-state index contributed by atoms with van der Waals surface area (Å²) in [5.41, 5.74) is 0.837. The SMILES string of the molecule is Cc1cc(NCC(O)C(F)F)ccc1[N+](=O)[O-]. The molecule has 1 rings (SSSR count). The fourth-order valence-corrected chi connectivity index (χ4v) is 1.28. The van der Waals surface area contributed by atoms with Crippen molar-refractivity contribution in [3.05, 3.63) is 33.9 Å². The van der Waals surface area contributed by atoms with Gasteiger partial charge in [0.25, 0.3) is 12.1 Å². The number of aliphatic hydroxyl groups excluding tert-OH is 1. The van der Waals surface area contributed by atoms with Gasteiger partial charge in [0.05, 0.1) is 4.92 Å². The lowest BCUT2D eigenvalue weighted by atomic mass is 10.2. The van der Waals surface area contributed by atoms with Gasteiger partial charge in [-0.1, -0.05) is 0 Å². The van der Waals surface area contributed by atoms with Crippen LogP contribution in [0.2, 0.25) is 0 Å². The molecule has 2 N–H and O–H groups in total. The smallest absolute Gasteiger partial charge is 0.272 e. The minimum absolute atomic E-state index is 0.0371. The number of hydrogen-bond acceptors (Lipinski definition) is 4. The average molecular weight is 246 g/mol. The van der Waals surface area contributed by atoms with Gasteiger partial charge in [0.15, 0.2) is 0 Å². The molecule has 1 aromatic carbocycles. The Labute approximate surface area is 96.2 Å².